The topological polar surface area (TPSA) is 12.0 Å². The molecular weight excluding hydrogens is 194 g/mol. The van der Waals surface area contributed by atoms with Gasteiger partial charge in [-0.2, -0.15) is 0 Å². The third-order valence-corrected chi connectivity index (χ3v) is 2.42. The third-order valence-electron chi connectivity index (χ3n) is 2.42. The maximum atomic E-state index is 3.25. The fraction of sp³-hybridized carbons (Fsp3) is 0.733. The van der Waals surface area contributed by atoms with Crippen LogP contribution in [-0.2, 0) is 0 Å². The Kier molecular flexibility index (Phi) is 11.9. The lowest BCUT2D eigenvalue weighted by Crippen LogP contribution is -2.35. The smallest absolute Gasteiger partial charge is 0.0156 e. The first-order chi connectivity index (χ1) is 7.43. The second kappa shape index (κ2) is 10.8. The van der Waals surface area contributed by atoms with Gasteiger partial charge < -0.3 is 5.32 Å². The quantitative estimate of drug-likeness (QED) is 0.706. The van der Waals surface area contributed by atoms with Crippen molar-refractivity contribution in [3.63, 3.8) is 0 Å². The van der Waals surface area contributed by atoms with Crippen LogP contribution in [0.5, 0.6) is 0 Å². The van der Waals surface area contributed by atoms with Gasteiger partial charge in [0.2, 0.25) is 0 Å². The Hall–Kier alpha value is -0.740. The summed E-state index contributed by atoms with van der Waals surface area (Å²) in [4.78, 5) is 0. The lowest BCUT2D eigenvalue weighted by Gasteiger charge is -2.21. The molecule has 16 heavy (non-hydrogen) atoms. The highest BCUT2D eigenvalue weighted by Gasteiger charge is 2.11. The minimum Gasteiger partial charge on any atom is -0.315 e. The highest BCUT2D eigenvalue weighted by molar-refractivity contribution is 5.25. The van der Waals surface area contributed by atoms with Gasteiger partial charge in [-0.05, 0) is 46.7 Å². The second-order valence-electron chi connectivity index (χ2n) is 4.60. The molecule has 0 heterocycles. The van der Waals surface area contributed by atoms with Crippen LogP contribution in [0.15, 0.2) is 11.6 Å². The molecular formula is C15H29N. The Morgan fingerprint density at radius 1 is 1.25 bits per heavy atom. The van der Waals surface area contributed by atoms with Crippen LogP contribution in [0.2, 0.25) is 0 Å². The molecule has 1 heteroatoms. The molecule has 0 aromatic heterocycles. The normalized spacial score (nSPS) is 11.1. The lowest BCUT2D eigenvalue weighted by molar-refractivity contribution is 0.429. The number of hydrogen-bond acceptors (Lipinski definition) is 1. The Morgan fingerprint density at radius 2 is 1.75 bits per heavy atom. The Morgan fingerprint density at radius 3 is 2.06 bits per heavy atom. The summed E-state index contributed by atoms with van der Waals surface area (Å²) in [5, 5.41) is 3.25. The summed E-state index contributed by atoms with van der Waals surface area (Å²) in [5.74, 6) is 5.91. The van der Waals surface area contributed by atoms with E-state index in [2.05, 4.69) is 50.9 Å². The van der Waals surface area contributed by atoms with Gasteiger partial charge in [0.15, 0.2) is 0 Å². The van der Waals surface area contributed by atoms with Crippen molar-refractivity contribution >= 4 is 0 Å². The van der Waals surface area contributed by atoms with Gasteiger partial charge >= 0.3 is 0 Å². The average molecular weight is 223 g/mol. The fourth-order valence-corrected chi connectivity index (χ4v) is 0.759. The molecule has 0 fully saturated rings. The zero-order valence-corrected chi connectivity index (χ0v) is 12.2. The molecule has 0 saturated heterocycles. The van der Waals surface area contributed by atoms with Crippen molar-refractivity contribution in [2.24, 2.45) is 0 Å². The van der Waals surface area contributed by atoms with Crippen LogP contribution in [0.3, 0.4) is 0 Å². The zero-order chi connectivity index (χ0) is 13.0. The number of hydrogen-bond donors (Lipinski definition) is 1. The van der Waals surface area contributed by atoms with Crippen molar-refractivity contribution in [1.29, 1.82) is 0 Å². The molecule has 0 aromatic carbocycles. The van der Waals surface area contributed by atoms with E-state index in [9.17, 15) is 0 Å². The van der Waals surface area contributed by atoms with Gasteiger partial charge in [-0.3, -0.25) is 0 Å². The maximum Gasteiger partial charge on any atom is 0.0156 e. The largest absolute Gasteiger partial charge is 0.315 e. The first-order valence-electron chi connectivity index (χ1n) is 6.21. The Balaban J connectivity index is 0. The number of nitrogens with one attached hydrogen (secondary N) is 1. The summed E-state index contributed by atoms with van der Waals surface area (Å²) in [6, 6.07) is 0. The third kappa shape index (κ3) is 13.3. The van der Waals surface area contributed by atoms with E-state index in [1.165, 1.54) is 12.8 Å². The number of rotatable bonds is 4. The summed E-state index contributed by atoms with van der Waals surface area (Å²) in [6.45, 7) is 12.6. The predicted octanol–water partition coefficient (Wildman–Crippen LogP) is 4.15. The van der Waals surface area contributed by atoms with Gasteiger partial charge in [-0.1, -0.05) is 38.7 Å². The van der Waals surface area contributed by atoms with E-state index in [4.69, 9.17) is 0 Å². The second-order valence-corrected chi connectivity index (χ2v) is 4.60. The molecule has 0 unspecified atom stereocenters. The van der Waals surface area contributed by atoms with Crippen LogP contribution in [-0.4, -0.2) is 12.6 Å². The van der Waals surface area contributed by atoms with Crippen molar-refractivity contribution in [2.45, 2.75) is 66.3 Å². The van der Waals surface area contributed by atoms with Gasteiger partial charge in [-0.15, -0.1) is 5.92 Å². The number of unbranched alkanes of at least 4 members (excludes halogenated alkanes) is 1. The van der Waals surface area contributed by atoms with Crippen molar-refractivity contribution in [3.8, 4) is 11.8 Å². The van der Waals surface area contributed by atoms with Crippen LogP contribution in [0, 0.1) is 11.8 Å². The van der Waals surface area contributed by atoms with E-state index in [1.54, 1.807) is 0 Å². The Labute approximate surface area is 103 Å². The summed E-state index contributed by atoms with van der Waals surface area (Å²) >= 11 is 0. The minimum atomic E-state index is 0.177. The lowest BCUT2D eigenvalue weighted by atomic mass is 10.00. The molecule has 0 amide bonds. The Bertz CT molecular complexity index is 236. The standard InChI is InChI=1S/C11H19N.C4H10/c1-6-7-10(2)8-9-11(3,4)12-5;1-3-4-2/h8,12H,9H2,1-5H3;3-4H2,1-2H3/b10-8-;. The van der Waals surface area contributed by atoms with Crippen molar-refractivity contribution < 1.29 is 0 Å². The van der Waals surface area contributed by atoms with Crippen LogP contribution in [0.4, 0.5) is 0 Å². The van der Waals surface area contributed by atoms with Gasteiger partial charge in [0, 0.05) is 5.54 Å². The average Bonchev–Trinajstić information content (AvgIpc) is 2.27. The molecule has 0 aliphatic rings. The minimum absolute atomic E-state index is 0.177. The highest BCUT2D eigenvalue weighted by Crippen LogP contribution is 2.09. The summed E-state index contributed by atoms with van der Waals surface area (Å²) < 4.78 is 0. The van der Waals surface area contributed by atoms with Crippen LogP contribution >= 0.6 is 0 Å². The van der Waals surface area contributed by atoms with Crippen LogP contribution in [0.25, 0.3) is 0 Å². The molecule has 0 saturated carbocycles. The van der Waals surface area contributed by atoms with Crippen molar-refractivity contribution in [2.75, 3.05) is 7.05 Å². The van der Waals surface area contributed by atoms with Crippen LogP contribution in [0.1, 0.15) is 60.8 Å². The van der Waals surface area contributed by atoms with Crippen LogP contribution < -0.4 is 5.32 Å². The molecule has 0 radical (unpaired) electrons. The molecule has 94 valence electrons. The van der Waals surface area contributed by atoms with E-state index in [0.29, 0.717) is 0 Å². The predicted molar refractivity (Wildman–Crippen MR) is 75.5 cm³/mol. The first-order valence-corrected chi connectivity index (χ1v) is 6.21. The van der Waals surface area contributed by atoms with Crippen molar-refractivity contribution in [1.82, 2.24) is 5.32 Å². The van der Waals surface area contributed by atoms with E-state index in [1.807, 2.05) is 20.9 Å². The molecule has 1 N–H and O–H groups in total. The molecule has 0 rings (SSSR count). The van der Waals surface area contributed by atoms with Gasteiger partial charge in [0.05, 0.1) is 0 Å². The highest BCUT2D eigenvalue weighted by atomic mass is 14.9. The first kappa shape index (κ1) is 17.6. The zero-order valence-electron chi connectivity index (χ0n) is 12.2. The SMILES string of the molecule is CC#C/C(C)=C\CC(C)(C)NC.CCCC. The van der Waals surface area contributed by atoms with Crippen molar-refractivity contribution in [3.05, 3.63) is 11.6 Å². The summed E-state index contributed by atoms with van der Waals surface area (Å²) in [7, 11) is 1.98. The molecule has 0 aromatic rings. The molecule has 0 bridgehead atoms. The molecule has 0 atom stereocenters. The molecule has 0 aliphatic heterocycles. The maximum absolute atomic E-state index is 3.25. The van der Waals surface area contributed by atoms with Gasteiger partial charge in [0.1, 0.15) is 0 Å². The van der Waals surface area contributed by atoms with Gasteiger partial charge in [0.25, 0.3) is 0 Å². The molecule has 0 aliphatic carbocycles. The van der Waals surface area contributed by atoms with E-state index < -0.39 is 0 Å². The van der Waals surface area contributed by atoms with E-state index in [-0.39, 0.29) is 5.54 Å². The summed E-state index contributed by atoms with van der Waals surface area (Å²) in [5.41, 5.74) is 1.33. The molecule has 0 spiro atoms. The number of allylic oxidation sites excluding steroid dienone is 1. The van der Waals surface area contributed by atoms with Gasteiger partial charge in [-0.25, -0.2) is 0 Å². The van der Waals surface area contributed by atoms with E-state index in [0.717, 1.165) is 12.0 Å². The van der Waals surface area contributed by atoms with E-state index >= 15 is 0 Å². The molecule has 1 nitrogen and oxygen atoms in total. The summed E-state index contributed by atoms with van der Waals surface area (Å²) in [6.07, 6.45) is 5.83. The monoisotopic (exact) mass is 223 g/mol. The fourth-order valence-electron chi connectivity index (χ4n) is 0.759.